The number of hydrogen-bond donors (Lipinski definition) is 1. The van der Waals surface area contributed by atoms with Crippen molar-refractivity contribution in [2.75, 3.05) is 0 Å². The van der Waals surface area contributed by atoms with Crippen LogP contribution in [0.5, 0.6) is 0 Å². The fraction of sp³-hybridized carbons (Fsp3) is 0.333. The molecule has 1 aliphatic carbocycles. The van der Waals surface area contributed by atoms with E-state index in [-0.39, 0.29) is 6.10 Å². The lowest BCUT2D eigenvalue weighted by Crippen LogP contribution is -2.00. The maximum absolute atomic E-state index is 10.2. The largest absolute Gasteiger partial charge is 0.388 e. The van der Waals surface area contributed by atoms with Crippen LogP contribution in [0.3, 0.4) is 0 Å². The lowest BCUT2D eigenvalue weighted by Gasteiger charge is -2.14. The molecule has 0 aliphatic heterocycles. The van der Waals surface area contributed by atoms with Crippen molar-refractivity contribution < 1.29 is 5.11 Å². The SMILES string of the molecule is Cc1ccc(C(O)C2CC2)c2ccccc12. The molecule has 0 saturated heterocycles. The van der Waals surface area contributed by atoms with Gasteiger partial charge in [-0.05, 0) is 47.6 Å². The molecule has 1 saturated carbocycles. The standard InChI is InChI=1S/C15H16O/c1-10-6-9-14(15(16)11-7-8-11)13-5-3-2-4-12(10)13/h2-6,9,11,15-16H,7-8H2,1H3. The van der Waals surface area contributed by atoms with Crippen molar-refractivity contribution in [1.29, 1.82) is 0 Å². The fourth-order valence-electron chi connectivity index (χ4n) is 2.40. The van der Waals surface area contributed by atoms with Crippen molar-refractivity contribution >= 4 is 10.8 Å². The van der Waals surface area contributed by atoms with E-state index in [1.165, 1.54) is 29.2 Å². The monoisotopic (exact) mass is 212 g/mol. The van der Waals surface area contributed by atoms with Crippen molar-refractivity contribution in [2.24, 2.45) is 5.92 Å². The van der Waals surface area contributed by atoms with Gasteiger partial charge in [-0.3, -0.25) is 0 Å². The molecule has 0 amide bonds. The molecule has 1 heteroatoms. The summed E-state index contributed by atoms with van der Waals surface area (Å²) in [6.07, 6.45) is 2.07. The normalized spacial score (nSPS) is 17.6. The van der Waals surface area contributed by atoms with Gasteiger partial charge >= 0.3 is 0 Å². The number of hydrogen-bond acceptors (Lipinski definition) is 1. The average molecular weight is 212 g/mol. The Morgan fingerprint density at radius 3 is 2.44 bits per heavy atom. The summed E-state index contributed by atoms with van der Waals surface area (Å²) in [5.41, 5.74) is 2.38. The van der Waals surface area contributed by atoms with Gasteiger partial charge in [-0.2, -0.15) is 0 Å². The Balaban J connectivity index is 2.20. The topological polar surface area (TPSA) is 20.2 Å². The van der Waals surface area contributed by atoms with Crippen molar-refractivity contribution in [3.63, 3.8) is 0 Å². The molecular weight excluding hydrogens is 196 g/mol. The predicted molar refractivity (Wildman–Crippen MR) is 66.4 cm³/mol. The van der Waals surface area contributed by atoms with Gasteiger partial charge in [0.15, 0.2) is 0 Å². The Kier molecular flexibility index (Phi) is 2.22. The van der Waals surface area contributed by atoms with E-state index in [0.717, 1.165) is 5.56 Å². The van der Waals surface area contributed by atoms with Crippen molar-refractivity contribution in [2.45, 2.75) is 25.9 Å². The van der Waals surface area contributed by atoms with Crippen LogP contribution < -0.4 is 0 Å². The average Bonchev–Trinajstić information content (AvgIpc) is 3.13. The third-order valence-corrected chi connectivity index (χ3v) is 3.56. The number of aliphatic hydroxyl groups is 1. The summed E-state index contributed by atoms with van der Waals surface area (Å²) in [6.45, 7) is 2.12. The minimum absolute atomic E-state index is 0.273. The molecule has 1 N–H and O–H groups in total. The van der Waals surface area contributed by atoms with E-state index >= 15 is 0 Å². The summed E-state index contributed by atoms with van der Waals surface area (Å²) in [7, 11) is 0. The van der Waals surface area contributed by atoms with Gasteiger partial charge in [0.2, 0.25) is 0 Å². The second kappa shape index (κ2) is 3.60. The van der Waals surface area contributed by atoms with E-state index < -0.39 is 0 Å². The third kappa shape index (κ3) is 1.52. The van der Waals surface area contributed by atoms with Gasteiger partial charge in [0.1, 0.15) is 0 Å². The van der Waals surface area contributed by atoms with Gasteiger partial charge < -0.3 is 5.11 Å². The lowest BCUT2D eigenvalue weighted by atomic mass is 9.95. The Labute approximate surface area is 95.7 Å². The van der Waals surface area contributed by atoms with Crippen molar-refractivity contribution in [3.8, 4) is 0 Å². The smallest absolute Gasteiger partial charge is 0.0824 e. The molecule has 2 aromatic carbocycles. The van der Waals surface area contributed by atoms with E-state index in [1.807, 2.05) is 6.07 Å². The zero-order chi connectivity index (χ0) is 11.1. The van der Waals surface area contributed by atoms with Gasteiger partial charge in [-0.25, -0.2) is 0 Å². The van der Waals surface area contributed by atoms with Crippen LogP contribution in [0.25, 0.3) is 10.8 Å². The highest BCUT2D eigenvalue weighted by molar-refractivity contribution is 5.88. The van der Waals surface area contributed by atoms with Gasteiger partial charge in [-0.1, -0.05) is 36.4 Å². The van der Waals surface area contributed by atoms with Crippen LogP contribution in [0.2, 0.25) is 0 Å². The third-order valence-electron chi connectivity index (χ3n) is 3.56. The van der Waals surface area contributed by atoms with Crippen LogP contribution in [-0.2, 0) is 0 Å². The molecule has 0 aromatic heterocycles. The Hall–Kier alpha value is -1.34. The van der Waals surface area contributed by atoms with Crippen LogP contribution in [0.4, 0.5) is 0 Å². The van der Waals surface area contributed by atoms with Crippen LogP contribution in [0, 0.1) is 12.8 Å². The lowest BCUT2D eigenvalue weighted by molar-refractivity contribution is 0.155. The first kappa shape index (κ1) is 9.86. The highest BCUT2D eigenvalue weighted by Gasteiger charge is 2.31. The molecule has 1 atom stereocenters. The predicted octanol–water partition coefficient (Wildman–Crippen LogP) is 3.59. The highest BCUT2D eigenvalue weighted by atomic mass is 16.3. The molecule has 1 unspecified atom stereocenters. The molecule has 1 aliphatic rings. The Morgan fingerprint density at radius 2 is 1.75 bits per heavy atom. The molecule has 0 spiro atoms. The molecule has 2 aromatic rings. The van der Waals surface area contributed by atoms with Crippen LogP contribution in [0.1, 0.15) is 30.1 Å². The van der Waals surface area contributed by atoms with Crippen LogP contribution >= 0.6 is 0 Å². The van der Waals surface area contributed by atoms with E-state index in [9.17, 15) is 5.11 Å². The van der Waals surface area contributed by atoms with Crippen molar-refractivity contribution in [3.05, 3.63) is 47.5 Å². The number of benzene rings is 2. The maximum atomic E-state index is 10.2. The zero-order valence-electron chi connectivity index (χ0n) is 9.48. The first-order chi connectivity index (χ1) is 7.77. The minimum Gasteiger partial charge on any atom is -0.388 e. The molecule has 16 heavy (non-hydrogen) atoms. The first-order valence-corrected chi connectivity index (χ1v) is 5.93. The molecule has 0 bridgehead atoms. The van der Waals surface area contributed by atoms with E-state index in [0.29, 0.717) is 5.92 Å². The second-order valence-corrected chi connectivity index (χ2v) is 4.80. The number of aliphatic hydroxyl groups excluding tert-OH is 1. The Bertz CT molecular complexity index is 526. The summed E-state index contributed by atoms with van der Waals surface area (Å²) in [4.78, 5) is 0. The molecule has 0 radical (unpaired) electrons. The second-order valence-electron chi connectivity index (χ2n) is 4.80. The summed E-state index contributed by atoms with van der Waals surface area (Å²) in [5.74, 6) is 0.492. The zero-order valence-corrected chi connectivity index (χ0v) is 9.48. The summed E-state index contributed by atoms with van der Waals surface area (Å²) in [6, 6.07) is 12.6. The summed E-state index contributed by atoms with van der Waals surface area (Å²) in [5, 5.41) is 12.7. The van der Waals surface area contributed by atoms with Gasteiger partial charge in [0, 0.05) is 0 Å². The quantitative estimate of drug-likeness (QED) is 0.806. The summed E-state index contributed by atoms with van der Waals surface area (Å²) < 4.78 is 0. The maximum Gasteiger partial charge on any atom is 0.0824 e. The van der Waals surface area contributed by atoms with E-state index in [1.54, 1.807) is 0 Å². The molecule has 3 rings (SSSR count). The number of rotatable bonds is 2. The minimum atomic E-state index is -0.273. The number of fused-ring (bicyclic) bond motifs is 1. The van der Waals surface area contributed by atoms with Crippen molar-refractivity contribution in [1.82, 2.24) is 0 Å². The van der Waals surface area contributed by atoms with Crippen LogP contribution in [-0.4, -0.2) is 5.11 Å². The highest BCUT2D eigenvalue weighted by Crippen LogP contribution is 2.42. The van der Waals surface area contributed by atoms with Gasteiger partial charge in [0.05, 0.1) is 6.10 Å². The fourth-order valence-corrected chi connectivity index (χ4v) is 2.40. The summed E-state index contributed by atoms with van der Waals surface area (Å²) >= 11 is 0. The molecule has 0 heterocycles. The van der Waals surface area contributed by atoms with E-state index in [4.69, 9.17) is 0 Å². The Morgan fingerprint density at radius 1 is 1.06 bits per heavy atom. The molecule has 82 valence electrons. The van der Waals surface area contributed by atoms with E-state index in [2.05, 4.69) is 37.3 Å². The first-order valence-electron chi connectivity index (χ1n) is 5.93. The molecular formula is C15H16O. The van der Waals surface area contributed by atoms with Gasteiger partial charge in [-0.15, -0.1) is 0 Å². The van der Waals surface area contributed by atoms with Crippen LogP contribution in [0.15, 0.2) is 36.4 Å². The number of aryl methyl sites for hydroxylation is 1. The van der Waals surface area contributed by atoms with Gasteiger partial charge in [0.25, 0.3) is 0 Å². The molecule has 1 fully saturated rings. The molecule has 1 nitrogen and oxygen atoms in total.